The second-order valence-corrected chi connectivity index (χ2v) is 4.37. The van der Waals surface area contributed by atoms with Crippen molar-refractivity contribution in [3.8, 4) is 0 Å². The maximum atomic E-state index is 10.7. The Morgan fingerprint density at radius 1 is 1.00 bits per heavy atom. The van der Waals surface area contributed by atoms with E-state index in [2.05, 4.69) is 12.1 Å². The van der Waals surface area contributed by atoms with Crippen LogP contribution in [0.15, 0.2) is 54.6 Å². The van der Waals surface area contributed by atoms with Crippen molar-refractivity contribution in [3.05, 3.63) is 81.4 Å². The summed E-state index contributed by atoms with van der Waals surface area (Å²) in [4.78, 5) is 10.4. The third kappa shape index (κ3) is 2.94. The van der Waals surface area contributed by atoms with Crippen molar-refractivity contribution >= 4 is 0 Å². The van der Waals surface area contributed by atoms with Gasteiger partial charge < -0.3 is 0 Å². The molecule has 0 aliphatic rings. The van der Waals surface area contributed by atoms with E-state index in [0.717, 1.165) is 12.0 Å². The first-order valence-electron chi connectivity index (χ1n) is 5.93. The van der Waals surface area contributed by atoms with Crippen molar-refractivity contribution in [2.24, 2.45) is 0 Å². The molecule has 0 fully saturated rings. The summed E-state index contributed by atoms with van der Waals surface area (Å²) >= 11 is 0. The van der Waals surface area contributed by atoms with E-state index in [1.165, 1.54) is 11.1 Å². The van der Waals surface area contributed by atoms with Gasteiger partial charge in [0.15, 0.2) is 0 Å². The van der Waals surface area contributed by atoms with Gasteiger partial charge in [-0.1, -0.05) is 54.6 Å². The Morgan fingerprint density at radius 3 is 2.11 bits per heavy atom. The lowest BCUT2D eigenvalue weighted by Crippen LogP contribution is -2.05. The topological polar surface area (TPSA) is 43.1 Å². The monoisotopic (exact) mass is 241 g/mol. The molecule has 92 valence electrons. The van der Waals surface area contributed by atoms with Gasteiger partial charge in [-0.2, -0.15) is 0 Å². The van der Waals surface area contributed by atoms with Crippen LogP contribution in [0, 0.1) is 10.1 Å². The fraction of sp³-hybridized carbons (Fsp3) is 0.200. The van der Waals surface area contributed by atoms with Crippen molar-refractivity contribution < 1.29 is 4.92 Å². The van der Waals surface area contributed by atoms with Crippen LogP contribution >= 0.6 is 0 Å². The molecule has 0 radical (unpaired) electrons. The maximum Gasteiger partial charge on any atom is 0.235 e. The molecule has 18 heavy (non-hydrogen) atoms. The summed E-state index contributed by atoms with van der Waals surface area (Å²) in [5, 5.41) is 10.7. The highest BCUT2D eigenvalue weighted by Crippen LogP contribution is 2.17. The molecule has 1 atom stereocenters. The molecule has 2 aromatic carbocycles. The third-order valence-corrected chi connectivity index (χ3v) is 3.03. The molecule has 0 aromatic heterocycles. The van der Waals surface area contributed by atoms with E-state index < -0.39 is 6.04 Å². The molecule has 0 saturated carbocycles. The van der Waals surface area contributed by atoms with E-state index >= 15 is 0 Å². The Kier molecular flexibility index (Phi) is 3.72. The van der Waals surface area contributed by atoms with Gasteiger partial charge in [0.25, 0.3) is 0 Å². The van der Waals surface area contributed by atoms with Crippen LogP contribution in [-0.4, -0.2) is 4.92 Å². The molecule has 2 aromatic rings. The Morgan fingerprint density at radius 2 is 1.56 bits per heavy atom. The Labute approximate surface area is 106 Å². The average molecular weight is 241 g/mol. The molecule has 0 heterocycles. The van der Waals surface area contributed by atoms with Crippen molar-refractivity contribution in [1.29, 1.82) is 0 Å². The number of nitrogens with zero attached hydrogens (tertiary/aromatic N) is 1. The third-order valence-electron chi connectivity index (χ3n) is 3.03. The quantitative estimate of drug-likeness (QED) is 0.606. The lowest BCUT2D eigenvalue weighted by atomic mass is 10.0. The van der Waals surface area contributed by atoms with E-state index in [1.807, 2.05) is 42.5 Å². The van der Waals surface area contributed by atoms with Gasteiger partial charge in [0, 0.05) is 17.4 Å². The fourth-order valence-electron chi connectivity index (χ4n) is 1.87. The number of rotatable bonds is 4. The molecule has 0 amide bonds. The first-order valence-corrected chi connectivity index (χ1v) is 5.93. The molecule has 1 unspecified atom stereocenters. The normalized spacial score (nSPS) is 12.1. The summed E-state index contributed by atoms with van der Waals surface area (Å²) < 4.78 is 0. The van der Waals surface area contributed by atoms with E-state index in [4.69, 9.17) is 0 Å². The molecule has 3 heteroatoms. The van der Waals surface area contributed by atoms with Crippen LogP contribution in [0.1, 0.15) is 29.7 Å². The summed E-state index contributed by atoms with van der Waals surface area (Å²) in [6.45, 7) is 1.60. The predicted octanol–water partition coefficient (Wildman–Crippen LogP) is 3.62. The van der Waals surface area contributed by atoms with Crippen LogP contribution in [0.25, 0.3) is 0 Å². The average Bonchev–Trinajstić information content (AvgIpc) is 2.40. The molecule has 2 rings (SSSR count). The van der Waals surface area contributed by atoms with E-state index in [-0.39, 0.29) is 4.92 Å². The molecule has 0 N–H and O–H groups in total. The van der Waals surface area contributed by atoms with Crippen LogP contribution in [0.2, 0.25) is 0 Å². The summed E-state index contributed by atoms with van der Waals surface area (Å²) in [7, 11) is 0. The van der Waals surface area contributed by atoms with Crippen molar-refractivity contribution in [2.45, 2.75) is 19.4 Å². The van der Waals surface area contributed by atoms with Crippen molar-refractivity contribution in [3.63, 3.8) is 0 Å². The predicted molar refractivity (Wildman–Crippen MR) is 71.1 cm³/mol. The van der Waals surface area contributed by atoms with Gasteiger partial charge in [0.1, 0.15) is 0 Å². The second-order valence-electron chi connectivity index (χ2n) is 4.37. The number of hydrogen-bond donors (Lipinski definition) is 0. The Bertz CT molecular complexity index is 520. The highest BCUT2D eigenvalue weighted by atomic mass is 16.6. The van der Waals surface area contributed by atoms with Crippen LogP contribution in [0.3, 0.4) is 0 Å². The second kappa shape index (κ2) is 5.45. The minimum atomic E-state index is -0.643. The lowest BCUT2D eigenvalue weighted by molar-refractivity contribution is -0.524. The molecule has 0 aliphatic heterocycles. The minimum absolute atomic E-state index is 0.272. The molecule has 0 spiro atoms. The van der Waals surface area contributed by atoms with Gasteiger partial charge in [-0.3, -0.25) is 10.1 Å². The van der Waals surface area contributed by atoms with E-state index in [0.29, 0.717) is 0 Å². The SMILES string of the molecule is CC(c1ccc(Cc2ccccc2)cc1)[N+](=O)[O-]. The smallest absolute Gasteiger partial charge is 0.235 e. The molecule has 0 saturated heterocycles. The van der Waals surface area contributed by atoms with Crippen LogP contribution < -0.4 is 0 Å². The minimum Gasteiger partial charge on any atom is -0.264 e. The van der Waals surface area contributed by atoms with Crippen molar-refractivity contribution in [1.82, 2.24) is 0 Å². The molecule has 0 bridgehead atoms. The molecular weight excluding hydrogens is 226 g/mol. The zero-order valence-corrected chi connectivity index (χ0v) is 10.2. The zero-order valence-electron chi connectivity index (χ0n) is 10.2. The zero-order chi connectivity index (χ0) is 13.0. The lowest BCUT2D eigenvalue weighted by Gasteiger charge is -2.06. The number of hydrogen-bond acceptors (Lipinski definition) is 2. The molecule has 0 aliphatic carbocycles. The van der Waals surface area contributed by atoms with Gasteiger partial charge in [0.05, 0.1) is 0 Å². The summed E-state index contributed by atoms with van der Waals surface area (Å²) in [6, 6.07) is 17.1. The first-order chi connectivity index (χ1) is 8.66. The maximum absolute atomic E-state index is 10.7. The van der Waals surface area contributed by atoms with Crippen molar-refractivity contribution in [2.75, 3.05) is 0 Å². The van der Waals surface area contributed by atoms with Crippen LogP contribution in [0.5, 0.6) is 0 Å². The van der Waals surface area contributed by atoms with Crippen LogP contribution in [-0.2, 0) is 6.42 Å². The fourth-order valence-corrected chi connectivity index (χ4v) is 1.87. The standard InChI is InChI=1S/C15H15NO2/c1-12(16(17)18)15-9-7-14(8-10-15)11-13-5-3-2-4-6-13/h2-10,12H,11H2,1H3. The van der Waals surface area contributed by atoms with E-state index in [1.54, 1.807) is 6.92 Å². The van der Waals surface area contributed by atoms with Gasteiger partial charge in [-0.25, -0.2) is 0 Å². The Balaban J connectivity index is 2.11. The summed E-state index contributed by atoms with van der Waals surface area (Å²) in [5.41, 5.74) is 3.16. The highest BCUT2D eigenvalue weighted by molar-refractivity contribution is 5.29. The summed E-state index contributed by atoms with van der Waals surface area (Å²) in [5.74, 6) is 0. The number of benzene rings is 2. The molecule has 3 nitrogen and oxygen atoms in total. The van der Waals surface area contributed by atoms with E-state index in [9.17, 15) is 10.1 Å². The van der Waals surface area contributed by atoms with Gasteiger partial charge in [0.2, 0.25) is 6.04 Å². The first kappa shape index (κ1) is 12.3. The summed E-state index contributed by atoms with van der Waals surface area (Å²) in [6.07, 6.45) is 0.855. The molecular formula is C15H15NO2. The highest BCUT2D eigenvalue weighted by Gasteiger charge is 2.14. The largest absolute Gasteiger partial charge is 0.264 e. The van der Waals surface area contributed by atoms with Gasteiger partial charge in [-0.05, 0) is 17.5 Å². The van der Waals surface area contributed by atoms with Crippen LogP contribution in [0.4, 0.5) is 0 Å². The number of nitro groups is 1. The Hall–Kier alpha value is -2.16. The van der Waals surface area contributed by atoms with Gasteiger partial charge in [-0.15, -0.1) is 0 Å². The van der Waals surface area contributed by atoms with Gasteiger partial charge >= 0.3 is 0 Å².